The molecule has 0 saturated carbocycles. The molecule has 0 aromatic heterocycles. The zero-order valence-corrected chi connectivity index (χ0v) is 16.4. The number of nitrogens with zero attached hydrogens (tertiary/aromatic N) is 3. The van der Waals surface area contributed by atoms with Crippen LogP contribution in [-0.4, -0.2) is 55.2 Å². The van der Waals surface area contributed by atoms with Crippen molar-refractivity contribution in [3.63, 3.8) is 0 Å². The summed E-state index contributed by atoms with van der Waals surface area (Å²) in [5.41, 5.74) is 0.926. The highest BCUT2D eigenvalue weighted by Gasteiger charge is 2.26. The van der Waals surface area contributed by atoms with Crippen molar-refractivity contribution in [3.05, 3.63) is 60.2 Å². The molecule has 0 bridgehead atoms. The third kappa shape index (κ3) is 5.53. The zero-order valence-electron chi connectivity index (χ0n) is 16.4. The summed E-state index contributed by atoms with van der Waals surface area (Å²) in [5.74, 6) is -2.66. The maximum Gasteiger partial charge on any atom is 0.270 e. The summed E-state index contributed by atoms with van der Waals surface area (Å²) in [6.07, 6.45) is -0.0835. The van der Waals surface area contributed by atoms with Crippen molar-refractivity contribution in [2.75, 3.05) is 36.4 Å². The first-order chi connectivity index (χ1) is 14.4. The molecule has 2 aromatic carbocycles. The van der Waals surface area contributed by atoms with E-state index in [2.05, 4.69) is 15.4 Å². The van der Waals surface area contributed by atoms with Gasteiger partial charge in [0.15, 0.2) is 0 Å². The number of amides is 2. The van der Waals surface area contributed by atoms with Crippen LogP contribution in [0.15, 0.2) is 53.7 Å². The van der Waals surface area contributed by atoms with Gasteiger partial charge >= 0.3 is 0 Å². The quantitative estimate of drug-likeness (QED) is 0.580. The van der Waals surface area contributed by atoms with Gasteiger partial charge in [-0.1, -0.05) is 23.4 Å². The van der Waals surface area contributed by atoms with Crippen molar-refractivity contribution in [1.82, 2.24) is 4.90 Å². The molecular formula is C21H22F2N4O3. The summed E-state index contributed by atoms with van der Waals surface area (Å²) in [7, 11) is 0. The maximum atomic E-state index is 13.5. The van der Waals surface area contributed by atoms with E-state index in [0.717, 1.165) is 24.0 Å². The monoisotopic (exact) mass is 416 g/mol. The molecule has 1 unspecified atom stereocenters. The van der Waals surface area contributed by atoms with Crippen LogP contribution in [0.3, 0.4) is 0 Å². The Bertz CT molecular complexity index is 916. The lowest BCUT2D eigenvalue weighted by Gasteiger charge is -2.36. The normalized spacial score (nSPS) is 15.2. The van der Waals surface area contributed by atoms with Gasteiger partial charge < -0.3 is 20.0 Å². The van der Waals surface area contributed by atoms with Crippen LogP contribution in [0.1, 0.15) is 6.92 Å². The Morgan fingerprint density at radius 3 is 2.47 bits per heavy atom. The maximum absolute atomic E-state index is 13.5. The average molecular weight is 416 g/mol. The highest BCUT2D eigenvalue weighted by atomic mass is 19.1. The molecule has 3 rings (SSSR count). The lowest BCUT2D eigenvalue weighted by atomic mass is 10.2. The number of nitrogens with one attached hydrogen (secondary N) is 1. The fourth-order valence-electron chi connectivity index (χ4n) is 3.05. The van der Waals surface area contributed by atoms with Crippen LogP contribution >= 0.6 is 0 Å². The zero-order chi connectivity index (χ0) is 21.5. The molecule has 0 spiro atoms. The van der Waals surface area contributed by atoms with Crippen molar-refractivity contribution in [2.45, 2.75) is 13.0 Å². The van der Waals surface area contributed by atoms with Gasteiger partial charge in [-0.2, -0.15) is 0 Å². The molecule has 1 fully saturated rings. The van der Waals surface area contributed by atoms with Crippen LogP contribution in [0.25, 0.3) is 0 Å². The second-order valence-electron chi connectivity index (χ2n) is 6.74. The molecule has 1 aliphatic rings. The van der Waals surface area contributed by atoms with Gasteiger partial charge in [0.1, 0.15) is 17.8 Å². The predicted octanol–water partition coefficient (Wildman–Crippen LogP) is 2.64. The Labute approximate surface area is 172 Å². The minimum Gasteiger partial charge on any atom is -0.383 e. The second-order valence-corrected chi connectivity index (χ2v) is 6.74. The highest BCUT2D eigenvalue weighted by molar-refractivity contribution is 6.31. The summed E-state index contributed by atoms with van der Waals surface area (Å²) in [5, 5.41) is 5.71. The lowest BCUT2D eigenvalue weighted by Crippen LogP contribution is -2.51. The number of para-hydroxylation sites is 1. The smallest absolute Gasteiger partial charge is 0.270 e. The van der Waals surface area contributed by atoms with Crippen LogP contribution in [0.4, 0.5) is 20.2 Å². The molecular weight excluding hydrogens is 394 g/mol. The Hall–Kier alpha value is -3.49. The van der Waals surface area contributed by atoms with Crippen LogP contribution < -0.4 is 10.2 Å². The van der Waals surface area contributed by atoms with Crippen molar-refractivity contribution in [1.29, 1.82) is 0 Å². The van der Waals surface area contributed by atoms with Gasteiger partial charge in [0.05, 0.1) is 5.69 Å². The van der Waals surface area contributed by atoms with Gasteiger partial charge in [-0.15, -0.1) is 0 Å². The molecule has 9 heteroatoms. The molecule has 1 saturated heterocycles. The van der Waals surface area contributed by atoms with Crippen LogP contribution in [0, 0.1) is 11.6 Å². The number of oxime groups is 1. The number of halogens is 2. The fourth-order valence-corrected chi connectivity index (χ4v) is 3.05. The molecule has 2 aromatic rings. The molecule has 0 aliphatic carbocycles. The minimum absolute atomic E-state index is 0.187. The van der Waals surface area contributed by atoms with Gasteiger partial charge in [0.2, 0.25) is 6.10 Å². The number of piperazine rings is 1. The first-order valence-electron chi connectivity index (χ1n) is 9.48. The molecule has 7 nitrogen and oxygen atoms in total. The Balaban J connectivity index is 1.44. The van der Waals surface area contributed by atoms with Gasteiger partial charge in [-0.05, 0) is 31.2 Å². The van der Waals surface area contributed by atoms with E-state index in [-0.39, 0.29) is 11.6 Å². The van der Waals surface area contributed by atoms with Crippen LogP contribution in [0.2, 0.25) is 0 Å². The third-order valence-corrected chi connectivity index (χ3v) is 4.64. The number of carbonyl (C=O) groups is 2. The summed E-state index contributed by atoms with van der Waals surface area (Å²) >= 11 is 0. The van der Waals surface area contributed by atoms with E-state index >= 15 is 0 Å². The Morgan fingerprint density at radius 2 is 1.80 bits per heavy atom. The van der Waals surface area contributed by atoms with E-state index in [1.165, 1.54) is 0 Å². The number of hydrogen-bond donors (Lipinski definition) is 1. The SMILES string of the molecule is CC(O/N=C/C(=O)Nc1ccc(F)cc1F)C(=O)N1CCN(c2ccccc2)CC1. The standard InChI is InChI=1S/C21H22F2N4O3/c1-15(30-24-14-20(28)25-19-8-7-16(22)13-18(19)23)21(29)27-11-9-26(10-12-27)17-5-3-2-4-6-17/h2-8,13-15H,9-12H2,1H3,(H,25,28)/b24-14+. The van der Waals surface area contributed by atoms with E-state index in [4.69, 9.17) is 4.84 Å². The number of anilines is 2. The molecule has 1 N–H and O–H groups in total. The summed E-state index contributed by atoms with van der Waals surface area (Å²) in [4.78, 5) is 33.2. The van der Waals surface area contributed by atoms with Gasteiger partial charge in [-0.25, -0.2) is 8.78 Å². The number of benzene rings is 2. The molecule has 1 atom stereocenters. The fraction of sp³-hybridized carbons (Fsp3) is 0.286. The van der Waals surface area contributed by atoms with Gasteiger partial charge in [0.25, 0.3) is 11.8 Å². The number of hydrogen-bond acceptors (Lipinski definition) is 5. The summed E-state index contributed by atoms with van der Waals surface area (Å²) < 4.78 is 26.4. The van der Waals surface area contributed by atoms with Crippen molar-refractivity contribution in [3.8, 4) is 0 Å². The molecule has 2 amide bonds. The van der Waals surface area contributed by atoms with E-state index < -0.39 is 23.6 Å². The van der Waals surface area contributed by atoms with E-state index in [0.29, 0.717) is 32.2 Å². The predicted molar refractivity (Wildman–Crippen MR) is 109 cm³/mol. The van der Waals surface area contributed by atoms with Crippen molar-refractivity contribution in [2.24, 2.45) is 5.16 Å². The third-order valence-electron chi connectivity index (χ3n) is 4.64. The highest BCUT2D eigenvalue weighted by Crippen LogP contribution is 2.16. The topological polar surface area (TPSA) is 74.2 Å². The molecule has 30 heavy (non-hydrogen) atoms. The first kappa shape index (κ1) is 21.2. The molecule has 158 valence electrons. The average Bonchev–Trinajstić information content (AvgIpc) is 2.76. The molecule has 0 radical (unpaired) electrons. The van der Waals surface area contributed by atoms with E-state index in [1.54, 1.807) is 11.8 Å². The Kier molecular flexibility index (Phi) is 6.95. The lowest BCUT2D eigenvalue weighted by molar-refractivity contribution is -0.143. The van der Waals surface area contributed by atoms with Crippen LogP contribution in [-0.2, 0) is 14.4 Å². The van der Waals surface area contributed by atoms with Crippen molar-refractivity contribution >= 4 is 29.4 Å². The molecule has 1 heterocycles. The summed E-state index contributed by atoms with van der Waals surface area (Å²) in [6, 6.07) is 12.7. The largest absolute Gasteiger partial charge is 0.383 e. The number of carbonyl (C=O) groups excluding carboxylic acids is 2. The summed E-state index contributed by atoms with van der Waals surface area (Å²) in [6.45, 7) is 4.06. The Morgan fingerprint density at radius 1 is 1.10 bits per heavy atom. The second kappa shape index (κ2) is 9.82. The minimum atomic E-state index is -0.907. The number of rotatable bonds is 6. The van der Waals surface area contributed by atoms with E-state index in [1.807, 2.05) is 30.3 Å². The first-order valence-corrected chi connectivity index (χ1v) is 9.48. The molecule has 1 aliphatic heterocycles. The van der Waals surface area contributed by atoms with Crippen LogP contribution in [0.5, 0.6) is 0 Å². The van der Waals surface area contributed by atoms with E-state index in [9.17, 15) is 18.4 Å². The van der Waals surface area contributed by atoms with Gasteiger partial charge in [-0.3, -0.25) is 9.59 Å². The van der Waals surface area contributed by atoms with Gasteiger partial charge in [0, 0.05) is 37.9 Å². The van der Waals surface area contributed by atoms with Crippen molar-refractivity contribution < 1.29 is 23.2 Å².